The van der Waals surface area contributed by atoms with Crippen LogP contribution >= 0.6 is 0 Å². The normalized spacial score (nSPS) is 10.6. The SMILES string of the molecule is COc1cccc(Cn2nc(C)cc2C)c1F. The summed E-state index contributed by atoms with van der Waals surface area (Å²) in [5, 5.41) is 4.31. The minimum absolute atomic E-state index is 0.268. The van der Waals surface area contributed by atoms with Gasteiger partial charge in [-0.2, -0.15) is 5.10 Å². The second-order valence-electron chi connectivity index (χ2n) is 4.02. The molecular formula is C13H15FN2O. The van der Waals surface area contributed by atoms with Crippen molar-refractivity contribution in [3.8, 4) is 5.75 Å². The Morgan fingerprint density at radius 2 is 2.12 bits per heavy atom. The second-order valence-corrected chi connectivity index (χ2v) is 4.02. The average molecular weight is 234 g/mol. The molecule has 0 radical (unpaired) electrons. The number of methoxy groups -OCH3 is 1. The van der Waals surface area contributed by atoms with Crippen molar-refractivity contribution in [2.24, 2.45) is 0 Å². The van der Waals surface area contributed by atoms with E-state index in [1.807, 2.05) is 19.9 Å². The Morgan fingerprint density at radius 3 is 2.71 bits per heavy atom. The van der Waals surface area contributed by atoms with Crippen LogP contribution in [0.5, 0.6) is 5.75 Å². The van der Waals surface area contributed by atoms with Gasteiger partial charge in [0.1, 0.15) is 0 Å². The number of hydrogen-bond donors (Lipinski definition) is 0. The van der Waals surface area contributed by atoms with E-state index in [1.54, 1.807) is 22.9 Å². The summed E-state index contributed by atoms with van der Waals surface area (Å²) in [6.45, 7) is 4.30. The maximum atomic E-state index is 13.9. The largest absolute Gasteiger partial charge is 0.494 e. The Morgan fingerprint density at radius 1 is 1.35 bits per heavy atom. The van der Waals surface area contributed by atoms with E-state index in [0.717, 1.165) is 11.4 Å². The van der Waals surface area contributed by atoms with E-state index in [9.17, 15) is 4.39 Å². The van der Waals surface area contributed by atoms with Gasteiger partial charge < -0.3 is 4.74 Å². The zero-order valence-electron chi connectivity index (χ0n) is 10.2. The van der Waals surface area contributed by atoms with E-state index in [1.165, 1.54) is 7.11 Å². The summed E-state index contributed by atoms with van der Waals surface area (Å²) in [7, 11) is 1.46. The van der Waals surface area contributed by atoms with Crippen LogP contribution in [0.2, 0.25) is 0 Å². The molecule has 0 aliphatic carbocycles. The predicted octanol–water partition coefficient (Wildman–Crippen LogP) is 2.70. The van der Waals surface area contributed by atoms with Crippen LogP contribution in [0.25, 0.3) is 0 Å². The number of rotatable bonds is 3. The lowest BCUT2D eigenvalue weighted by molar-refractivity contribution is 0.383. The topological polar surface area (TPSA) is 27.1 Å². The third-order valence-corrected chi connectivity index (χ3v) is 2.69. The fraction of sp³-hybridized carbons (Fsp3) is 0.308. The molecule has 0 unspecified atom stereocenters. The highest BCUT2D eigenvalue weighted by molar-refractivity contribution is 5.31. The number of aromatic nitrogens is 2. The maximum absolute atomic E-state index is 13.9. The summed E-state index contributed by atoms with van der Waals surface area (Å²) in [4.78, 5) is 0. The molecule has 0 fully saturated rings. The zero-order chi connectivity index (χ0) is 12.4. The van der Waals surface area contributed by atoms with Crippen LogP contribution in [0.4, 0.5) is 4.39 Å². The van der Waals surface area contributed by atoms with Gasteiger partial charge in [0.15, 0.2) is 11.6 Å². The Bertz CT molecular complexity index is 534. The van der Waals surface area contributed by atoms with Gasteiger partial charge in [-0.05, 0) is 26.0 Å². The van der Waals surface area contributed by atoms with Crippen molar-refractivity contribution >= 4 is 0 Å². The predicted molar refractivity (Wildman–Crippen MR) is 63.8 cm³/mol. The van der Waals surface area contributed by atoms with Gasteiger partial charge >= 0.3 is 0 Å². The number of ether oxygens (including phenoxy) is 1. The highest BCUT2D eigenvalue weighted by Gasteiger charge is 2.10. The lowest BCUT2D eigenvalue weighted by Crippen LogP contribution is -2.06. The summed E-state index contributed by atoms with van der Waals surface area (Å²) in [6.07, 6.45) is 0. The third-order valence-electron chi connectivity index (χ3n) is 2.69. The van der Waals surface area contributed by atoms with Crippen LogP contribution in [0.1, 0.15) is 17.0 Å². The van der Waals surface area contributed by atoms with E-state index < -0.39 is 0 Å². The van der Waals surface area contributed by atoms with Gasteiger partial charge in [-0.3, -0.25) is 4.68 Å². The van der Waals surface area contributed by atoms with E-state index in [2.05, 4.69) is 5.10 Å². The Balaban J connectivity index is 2.33. The molecule has 0 atom stereocenters. The first-order valence-corrected chi connectivity index (χ1v) is 5.44. The molecule has 0 saturated heterocycles. The molecule has 0 bridgehead atoms. The highest BCUT2D eigenvalue weighted by Crippen LogP contribution is 2.21. The van der Waals surface area contributed by atoms with Crippen molar-refractivity contribution in [1.29, 1.82) is 0 Å². The summed E-state index contributed by atoms with van der Waals surface area (Å²) < 4.78 is 20.7. The highest BCUT2D eigenvalue weighted by atomic mass is 19.1. The van der Waals surface area contributed by atoms with Gasteiger partial charge in [0.05, 0.1) is 19.3 Å². The Kier molecular flexibility index (Phi) is 3.13. The minimum Gasteiger partial charge on any atom is -0.494 e. The van der Waals surface area contributed by atoms with Gasteiger partial charge in [-0.1, -0.05) is 12.1 Å². The first kappa shape index (κ1) is 11.6. The molecule has 0 saturated carbocycles. The van der Waals surface area contributed by atoms with Crippen LogP contribution in [0, 0.1) is 19.7 Å². The van der Waals surface area contributed by atoms with Crippen molar-refractivity contribution in [3.63, 3.8) is 0 Å². The van der Waals surface area contributed by atoms with Crippen LogP contribution in [0.3, 0.4) is 0 Å². The van der Waals surface area contributed by atoms with E-state index >= 15 is 0 Å². The summed E-state index contributed by atoms with van der Waals surface area (Å²) in [5.74, 6) is -0.0495. The fourth-order valence-corrected chi connectivity index (χ4v) is 1.83. The van der Waals surface area contributed by atoms with Gasteiger partial charge in [0.25, 0.3) is 0 Å². The summed E-state index contributed by atoms with van der Waals surface area (Å²) >= 11 is 0. The van der Waals surface area contributed by atoms with Gasteiger partial charge in [-0.25, -0.2) is 4.39 Å². The lowest BCUT2D eigenvalue weighted by atomic mass is 10.2. The van der Waals surface area contributed by atoms with Crippen molar-refractivity contribution in [1.82, 2.24) is 9.78 Å². The molecule has 17 heavy (non-hydrogen) atoms. The summed E-state index contributed by atoms with van der Waals surface area (Å²) in [5.41, 5.74) is 2.53. The number of benzene rings is 1. The quantitative estimate of drug-likeness (QED) is 0.816. The molecule has 0 amide bonds. The van der Waals surface area contributed by atoms with E-state index in [0.29, 0.717) is 12.1 Å². The monoisotopic (exact) mass is 234 g/mol. The van der Waals surface area contributed by atoms with Gasteiger partial charge in [0, 0.05) is 11.3 Å². The zero-order valence-corrected chi connectivity index (χ0v) is 10.2. The molecule has 1 aromatic carbocycles. The molecule has 4 heteroatoms. The van der Waals surface area contributed by atoms with Crippen LogP contribution < -0.4 is 4.74 Å². The first-order chi connectivity index (χ1) is 8.11. The average Bonchev–Trinajstić information content (AvgIpc) is 2.60. The minimum atomic E-state index is -0.317. The standard InChI is InChI=1S/C13H15FN2O/c1-9-7-10(2)16(15-9)8-11-5-4-6-12(17-3)13(11)14/h4-7H,8H2,1-3H3. The number of hydrogen-bond acceptors (Lipinski definition) is 2. The molecule has 0 spiro atoms. The molecule has 90 valence electrons. The smallest absolute Gasteiger partial charge is 0.170 e. The molecule has 2 rings (SSSR count). The Labute approximate surface area is 99.8 Å². The molecule has 0 N–H and O–H groups in total. The molecule has 1 aromatic heterocycles. The summed E-state index contributed by atoms with van der Waals surface area (Å²) in [6, 6.07) is 7.11. The van der Waals surface area contributed by atoms with Crippen molar-refractivity contribution < 1.29 is 9.13 Å². The number of aryl methyl sites for hydroxylation is 2. The van der Waals surface area contributed by atoms with Crippen molar-refractivity contribution in [2.75, 3.05) is 7.11 Å². The molecule has 0 aliphatic rings. The fourth-order valence-electron chi connectivity index (χ4n) is 1.83. The van der Waals surface area contributed by atoms with Gasteiger partial charge in [-0.15, -0.1) is 0 Å². The first-order valence-electron chi connectivity index (χ1n) is 5.44. The van der Waals surface area contributed by atoms with Crippen LogP contribution in [0.15, 0.2) is 24.3 Å². The van der Waals surface area contributed by atoms with Crippen molar-refractivity contribution in [2.45, 2.75) is 20.4 Å². The Hall–Kier alpha value is -1.84. The molecule has 1 heterocycles. The van der Waals surface area contributed by atoms with E-state index in [4.69, 9.17) is 4.74 Å². The number of nitrogens with zero attached hydrogens (tertiary/aromatic N) is 2. The van der Waals surface area contributed by atoms with E-state index in [-0.39, 0.29) is 11.6 Å². The van der Waals surface area contributed by atoms with Gasteiger partial charge in [0.2, 0.25) is 0 Å². The molecule has 3 nitrogen and oxygen atoms in total. The molecule has 0 aliphatic heterocycles. The third kappa shape index (κ3) is 2.30. The lowest BCUT2D eigenvalue weighted by Gasteiger charge is -2.08. The van der Waals surface area contributed by atoms with Crippen LogP contribution in [-0.2, 0) is 6.54 Å². The van der Waals surface area contributed by atoms with Crippen LogP contribution in [-0.4, -0.2) is 16.9 Å². The molecular weight excluding hydrogens is 219 g/mol. The number of halogens is 1. The van der Waals surface area contributed by atoms with Crippen molar-refractivity contribution in [3.05, 3.63) is 47.0 Å². The second kappa shape index (κ2) is 4.57. The maximum Gasteiger partial charge on any atom is 0.170 e. The molecule has 2 aromatic rings.